The van der Waals surface area contributed by atoms with Crippen LogP contribution in [0.15, 0.2) is 0 Å². The first-order valence-corrected chi connectivity index (χ1v) is 11.4. The van der Waals surface area contributed by atoms with Gasteiger partial charge >= 0.3 is 6.04 Å². The minimum absolute atomic E-state index is 0.105. The number of rotatable bonds is 15. The first-order chi connectivity index (χ1) is 13.5. The average molecular weight is 426 g/mol. The number of carbonyl (C=O) groups is 3. The second-order valence-corrected chi connectivity index (χ2v) is 7.19. The molecule has 28 heavy (non-hydrogen) atoms. The average Bonchev–Trinajstić information content (AvgIpc) is 2.67. The lowest BCUT2D eigenvalue weighted by Crippen LogP contribution is -2.02. The van der Waals surface area contributed by atoms with Crippen molar-refractivity contribution < 1.29 is 18.8 Å². The van der Waals surface area contributed by atoms with E-state index in [1.54, 1.807) is 0 Å². The molecule has 170 valence electrons. The molecule has 0 saturated carbocycles. The Kier molecular flexibility index (Phi) is 50.1. The van der Waals surface area contributed by atoms with Crippen LogP contribution >= 0.6 is 11.8 Å². The SMILES string of the molecule is CCCCCC(=O)F.CCSCCCCCC=O.NC=O.NCCCCCN. The summed E-state index contributed by atoms with van der Waals surface area (Å²) in [5.74, 6) is 2.48. The molecule has 0 heterocycles. The number of amides is 1. The van der Waals surface area contributed by atoms with E-state index in [-0.39, 0.29) is 12.8 Å². The van der Waals surface area contributed by atoms with Gasteiger partial charge in [0, 0.05) is 12.8 Å². The van der Waals surface area contributed by atoms with Crippen molar-refractivity contribution in [3.63, 3.8) is 0 Å². The van der Waals surface area contributed by atoms with E-state index in [0.717, 1.165) is 57.9 Å². The summed E-state index contributed by atoms with van der Waals surface area (Å²) >= 11 is 1.98. The summed E-state index contributed by atoms with van der Waals surface area (Å²) in [6, 6.07) is -1.18. The summed E-state index contributed by atoms with van der Waals surface area (Å²) in [4.78, 5) is 28.1. The van der Waals surface area contributed by atoms with Crippen LogP contribution in [0.2, 0.25) is 0 Å². The van der Waals surface area contributed by atoms with Crippen LogP contribution in [0.25, 0.3) is 0 Å². The second kappa shape index (κ2) is 40.6. The van der Waals surface area contributed by atoms with Crippen LogP contribution in [-0.2, 0) is 14.4 Å². The van der Waals surface area contributed by atoms with Crippen LogP contribution in [0.5, 0.6) is 0 Å². The zero-order valence-corrected chi connectivity index (χ0v) is 18.8. The Morgan fingerprint density at radius 1 is 0.893 bits per heavy atom. The number of carbonyl (C=O) groups excluding carboxylic acids is 3. The molecule has 6 N–H and O–H groups in total. The molecule has 0 aromatic heterocycles. The van der Waals surface area contributed by atoms with Gasteiger partial charge in [-0.2, -0.15) is 16.2 Å². The van der Waals surface area contributed by atoms with E-state index in [1.807, 2.05) is 18.7 Å². The third kappa shape index (κ3) is 64.0. The number of primary amides is 1. The van der Waals surface area contributed by atoms with Crippen molar-refractivity contribution in [1.82, 2.24) is 0 Å². The molecule has 0 bridgehead atoms. The minimum atomic E-state index is -1.18. The molecule has 0 saturated heterocycles. The molecule has 0 rings (SSSR count). The number of hydrogen-bond donors (Lipinski definition) is 3. The molecule has 8 heteroatoms. The molecule has 0 unspecified atom stereocenters. The van der Waals surface area contributed by atoms with Gasteiger partial charge in [0.25, 0.3) is 0 Å². The normalized spacial score (nSPS) is 8.89. The van der Waals surface area contributed by atoms with Crippen molar-refractivity contribution in [2.24, 2.45) is 17.2 Å². The lowest BCUT2D eigenvalue weighted by molar-refractivity contribution is -0.129. The molecule has 1 amide bonds. The number of nitrogens with two attached hydrogens (primary N) is 3. The highest BCUT2D eigenvalue weighted by atomic mass is 32.2. The third-order valence-electron chi connectivity index (χ3n) is 3.20. The maximum Gasteiger partial charge on any atom is 0.301 e. The number of unbranched alkanes of at least 4 members (excludes halogenated alkanes) is 7. The van der Waals surface area contributed by atoms with E-state index in [0.29, 0.717) is 6.42 Å². The molecule has 0 aliphatic rings. The third-order valence-corrected chi connectivity index (χ3v) is 4.19. The predicted octanol–water partition coefficient (Wildman–Crippen LogP) is 3.74. The summed E-state index contributed by atoms with van der Waals surface area (Å²) in [5, 5.41) is 0. The van der Waals surface area contributed by atoms with Crippen LogP contribution in [0.1, 0.15) is 84.5 Å². The van der Waals surface area contributed by atoms with Gasteiger partial charge in [-0.1, -0.05) is 39.5 Å². The molecule has 0 fully saturated rings. The topological polar surface area (TPSA) is 129 Å². The van der Waals surface area contributed by atoms with Gasteiger partial charge in [0.05, 0.1) is 0 Å². The Morgan fingerprint density at radius 3 is 1.82 bits per heavy atom. The van der Waals surface area contributed by atoms with E-state index >= 15 is 0 Å². The summed E-state index contributed by atoms with van der Waals surface area (Å²) in [5.41, 5.74) is 14.6. The zero-order chi connectivity index (χ0) is 22.3. The Morgan fingerprint density at radius 2 is 1.43 bits per heavy atom. The van der Waals surface area contributed by atoms with Gasteiger partial charge in [0.2, 0.25) is 6.41 Å². The monoisotopic (exact) mass is 425 g/mol. The van der Waals surface area contributed by atoms with Crippen LogP contribution in [0.4, 0.5) is 4.39 Å². The van der Waals surface area contributed by atoms with Crippen molar-refractivity contribution in [3.05, 3.63) is 0 Å². The molecule has 6 nitrogen and oxygen atoms in total. The molecule has 0 aliphatic carbocycles. The minimum Gasteiger partial charge on any atom is -0.372 e. The number of thioether (sulfide) groups is 1. The van der Waals surface area contributed by atoms with Gasteiger partial charge in [0.15, 0.2) is 0 Å². The fourth-order valence-electron chi connectivity index (χ4n) is 1.73. The molecule has 0 aliphatic heterocycles. The predicted molar refractivity (Wildman–Crippen MR) is 120 cm³/mol. The van der Waals surface area contributed by atoms with E-state index < -0.39 is 6.04 Å². The summed E-state index contributed by atoms with van der Waals surface area (Å²) in [7, 11) is 0. The van der Waals surface area contributed by atoms with Crippen LogP contribution in [0.3, 0.4) is 0 Å². The van der Waals surface area contributed by atoms with Crippen molar-refractivity contribution in [2.45, 2.75) is 84.5 Å². The summed E-state index contributed by atoms with van der Waals surface area (Å²) < 4.78 is 11.4. The Hall–Kier alpha value is -0.990. The maximum absolute atomic E-state index is 11.4. The first kappa shape index (κ1) is 34.5. The lowest BCUT2D eigenvalue weighted by atomic mass is 10.2. The van der Waals surface area contributed by atoms with Crippen molar-refractivity contribution in [1.29, 1.82) is 0 Å². The van der Waals surface area contributed by atoms with E-state index in [9.17, 15) is 14.0 Å². The standard InChI is InChI=1S/C8H16OS.C6H11FO.C5H14N2.CH3NO/c1-2-10-8-6-4-3-5-7-9;1-2-3-4-5-6(7)8;6-4-2-1-3-5-7;2-1-3/h7H,2-6,8H2,1H3;2-5H2,1H3;1-7H2;1H,(H2,2,3). The van der Waals surface area contributed by atoms with Gasteiger partial charge in [-0.05, 0) is 56.7 Å². The van der Waals surface area contributed by atoms with E-state index in [1.165, 1.54) is 30.8 Å². The highest BCUT2D eigenvalue weighted by Crippen LogP contribution is 2.05. The molecule has 0 radical (unpaired) electrons. The molecule has 0 spiro atoms. The summed E-state index contributed by atoms with van der Waals surface area (Å²) in [6.07, 6.45) is 11.8. The van der Waals surface area contributed by atoms with Gasteiger partial charge in [-0.15, -0.1) is 0 Å². The smallest absolute Gasteiger partial charge is 0.301 e. The fourth-order valence-corrected chi connectivity index (χ4v) is 2.43. The Bertz CT molecular complexity index is 296. The number of halogens is 1. The van der Waals surface area contributed by atoms with Crippen molar-refractivity contribution >= 4 is 30.5 Å². The Labute approximate surface area is 175 Å². The Balaban J connectivity index is -0.000000146. The first-order valence-electron chi connectivity index (χ1n) is 10.3. The molecular weight excluding hydrogens is 381 g/mol. The van der Waals surface area contributed by atoms with Gasteiger partial charge in [-0.25, -0.2) is 0 Å². The zero-order valence-electron chi connectivity index (χ0n) is 18.0. The van der Waals surface area contributed by atoms with Crippen molar-refractivity contribution in [2.75, 3.05) is 24.6 Å². The van der Waals surface area contributed by atoms with Crippen LogP contribution < -0.4 is 17.2 Å². The number of aldehydes is 1. The molecule has 0 aromatic rings. The lowest BCUT2D eigenvalue weighted by Gasteiger charge is -1.95. The quantitative estimate of drug-likeness (QED) is 0.208. The van der Waals surface area contributed by atoms with E-state index in [2.05, 4.69) is 12.7 Å². The summed E-state index contributed by atoms with van der Waals surface area (Å²) in [6.45, 7) is 5.80. The van der Waals surface area contributed by atoms with Crippen LogP contribution in [0, 0.1) is 0 Å². The van der Waals surface area contributed by atoms with Gasteiger partial charge < -0.3 is 22.0 Å². The molecular formula is C20H44FN3O3S. The van der Waals surface area contributed by atoms with E-state index in [4.69, 9.17) is 16.3 Å². The second-order valence-electron chi connectivity index (χ2n) is 5.80. The largest absolute Gasteiger partial charge is 0.372 e. The maximum atomic E-state index is 11.4. The van der Waals surface area contributed by atoms with Crippen LogP contribution in [-0.4, -0.2) is 43.3 Å². The van der Waals surface area contributed by atoms with Gasteiger partial charge in [0.1, 0.15) is 6.29 Å². The van der Waals surface area contributed by atoms with Crippen molar-refractivity contribution in [3.8, 4) is 0 Å². The highest BCUT2D eigenvalue weighted by molar-refractivity contribution is 7.99. The fraction of sp³-hybridized carbons (Fsp3) is 0.850. The highest BCUT2D eigenvalue weighted by Gasteiger charge is 1.94. The molecule has 0 aromatic carbocycles. The molecule has 0 atom stereocenters. The number of hydrogen-bond acceptors (Lipinski definition) is 6. The van der Waals surface area contributed by atoms with Gasteiger partial charge in [-0.3, -0.25) is 9.59 Å².